The molecule has 0 aromatic heterocycles. The molecule has 1 atom stereocenters. The highest BCUT2D eigenvalue weighted by Gasteiger charge is 2.31. The molecule has 1 aliphatic heterocycles. The zero-order valence-electron chi connectivity index (χ0n) is 9.87. The van der Waals surface area contributed by atoms with E-state index >= 15 is 0 Å². The van der Waals surface area contributed by atoms with E-state index in [1.165, 1.54) is 0 Å². The number of carbonyl (C=O) groups excluding carboxylic acids is 1. The molecular weight excluding hydrogens is 228 g/mol. The first-order valence-corrected chi connectivity index (χ1v) is 5.95. The van der Waals surface area contributed by atoms with Gasteiger partial charge in [-0.3, -0.25) is 4.90 Å². The van der Waals surface area contributed by atoms with Crippen LogP contribution in [0.25, 0.3) is 10.8 Å². The van der Waals surface area contributed by atoms with Crippen LogP contribution in [0.3, 0.4) is 0 Å². The average Bonchev–Trinajstić information content (AvgIpc) is 2.79. The van der Waals surface area contributed by atoms with Crippen LogP contribution in [-0.4, -0.2) is 25.3 Å². The molecule has 4 nitrogen and oxygen atoms in total. The number of cyclic esters (lactones) is 1. The van der Waals surface area contributed by atoms with Crippen LogP contribution in [-0.2, 0) is 4.74 Å². The minimum absolute atomic E-state index is 0.205. The minimum atomic E-state index is -0.319. The number of carbonyl (C=O) groups is 1. The van der Waals surface area contributed by atoms with E-state index in [0.717, 1.165) is 16.5 Å². The Balaban J connectivity index is 1.97. The van der Waals surface area contributed by atoms with Crippen LogP contribution < -0.4 is 10.6 Å². The van der Waals surface area contributed by atoms with E-state index in [2.05, 4.69) is 0 Å². The van der Waals surface area contributed by atoms with E-state index in [9.17, 15) is 4.79 Å². The van der Waals surface area contributed by atoms with Crippen molar-refractivity contribution in [2.24, 2.45) is 5.73 Å². The van der Waals surface area contributed by atoms with Gasteiger partial charge in [-0.15, -0.1) is 0 Å². The van der Waals surface area contributed by atoms with Crippen LogP contribution in [0, 0.1) is 0 Å². The monoisotopic (exact) mass is 242 g/mol. The van der Waals surface area contributed by atoms with Crippen molar-refractivity contribution in [2.75, 3.05) is 18.0 Å². The van der Waals surface area contributed by atoms with Crippen molar-refractivity contribution in [3.8, 4) is 0 Å². The molecule has 2 aromatic carbocycles. The van der Waals surface area contributed by atoms with E-state index in [1.807, 2.05) is 42.5 Å². The molecule has 1 aliphatic rings. The fourth-order valence-electron chi connectivity index (χ4n) is 2.20. The second-order valence-electron chi connectivity index (χ2n) is 4.38. The molecule has 0 spiro atoms. The van der Waals surface area contributed by atoms with Gasteiger partial charge >= 0.3 is 6.09 Å². The number of ether oxygens (including phenoxy) is 1. The van der Waals surface area contributed by atoms with Crippen LogP contribution >= 0.6 is 0 Å². The highest BCUT2D eigenvalue weighted by Crippen LogP contribution is 2.25. The summed E-state index contributed by atoms with van der Waals surface area (Å²) in [4.78, 5) is 13.4. The molecule has 0 radical (unpaired) electrons. The highest BCUT2D eigenvalue weighted by molar-refractivity contribution is 5.94. The zero-order valence-corrected chi connectivity index (χ0v) is 9.87. The molecule has 0 bridgehead atoms. The molecule has 0 aliphatic carbocycles. The molecule has 1 amide bonds. The number of fused-ring (bicyclic) bond motifs is 1. The number of hydrogen-bond acceptors (Lipinski definition) is 3. The van der Waals surface area contributed by atoms with E-state index < -0.39 is 0 Å². The van der Waals surface area contributed by atoms with Gasteiger partial charge in [0.15, 0.2) is 0 Å². The van der Waals surface area contributed by atoms with Crippen molar-refractivity contribution in [1.82, 2.24) is 0 Å². The van der Waals surface area contributed by atoms with Crippen LogP contribution in [0.4, 0.5) is 10.5 Å². The molecular formula is C14H14N2O2. The standard InChI is InChI=1S/C14H14N2O2/c15-8-13-9-16(14(17)18-13)12-6-5-10-3-1-2-4-11(10)7-12/h1-7,13H,8-9,15H2. The lowest BCUT2D eigenvalue weighted by Crippen LogP contribution is -2.27. The number of nitrogens with zero attached hydrogens (tertiary/aromatic N) is 1. The zero-order chi connectivity index (χ0) is 12.5. The normalized spacial score (nSPS) is 19.3. The van der Waals surface area contributed by atoms with Crippen molar-refractivity contribution in [1.29, 1.82) is 0 Å². The largest absolute Gasteiger partial charge is 0.443 e. The fraction of sp³-hybridized carbons (Fsp3) is 0.214. The maximum atomic E-state index is 11.7. The maximum absolute atomic E-state index is 11.7. The molecule has 2 aromatic rings. The first-order valence-electron chi connectivity index (χ1n) is 5.95. The summed E-state index contributed by atoms with van der Waals surface area (Å²) in [6, 6.07) is 14.0. The number of hydrogen-bond donors (Lipinski definition) is 1. The van der Waals surface area contributed by atoms with Gasteiger partial charge in [-0.25, -0.2) is 4.79 Å². The van der Waals surface area contributed by atoms with Gasteiger partial charge < -0.3 is 10.5 Å². The first kappa shape index (κ1) is 11.0. The predicted octanol–water partition coefficient (Wildman–Crippen LogP) is 2.12. The Bertz CT molecular complexity index is 597. The van der Waals surface area contributed by atoms with E-state index in [4.69, 9.17) is 10.5 Å². The van der Waals surface area contributed by atoms with Crippen LogP contribution in [0.2, 0.25) is 0 Å². The molecule has 1 saturated heterocycles. The van der Waals surface area contributed by atoms with Gasteiger partial charge in [0.1, 0.15) is 6.10 Å². The molecule has 0 saturated carbocycles. The topological polar surface area (TPSA) is 55.6 Å². The summed E-state index contributed by atoms with van der Waals surface area (Å²) in [7, 11) is 0. The first-order chi connectivity index (χ1) is 8.78. The summed E-state index contributed by atoms with van der Waals surface area (Å²) < 4.78 is 5.15. The lowest BCUT2D eigenvalue weighted by molar-refractivity contribution is 0.145. The number of amides is 1. The average molecular weight is 242 g/mol. The van der Waals surface area contributed by atoms with Gasteiger partial charge in [0.2, 0.25) is 0 Å². The maximum Gasteiger partial charge on any atom is 0.414 e. The predicted molar refractivity (Wildman–Crippen MR) is 70.6 cm³/mol. The van der Waals surface area contributed by atoms with Gasteiger partial charge in [0.05, 0.1) is 6.54 Å². The van der Waals surface area contributed by atoms with Crippen molar-refractivity contribution >= 4 is 22.6 Å². The number of rotatable bonds is 2. The number of nitrogens with two attached hydrogens (primary N) is 1. The van der Waals surface area contributed by atoms with Gasteiger partial charge in [-0.1, -0.05) is 30.3 Å². The Morgan fingerprint density at radius 2 is 2.00 bits per heavy atom. The molecule has 18 heavy (non-hydrogen) atoms. The van der Waals surface area contributed by atoms with Gasteiger partial charge in [-0.05, 0) is 22.9 Å². The smallest absolute Gasteiger partial charge is 0.414 e. The van der Waals surface area contributed by atoms with Crippen LogP contribution in [0.15, 0.2) is 42.5 Å². The summed E-state index contributed by atoms with van der Waals surface area (Å²) in [6.07, 6.45) is -0.523. The molecule has 1 unspecified atom stereocenters. The van der Waals surface area contributed by atoms with E-state index in [0.29, 0.717) is 13.1 Å². The molecule has 2 N–H and O–H groups in total. The Morgan fingerprint density at radius 3 is 2.72 bits per heavy atom. The number of anilines is 1. The second kappa shape index (κ2) is 4.31. The van der Waals surface area contributed by atoms with Gasteiger partial charge in [0.25, 0.3) is 0 Å². The summed E-state index contributed by atoms with van der Waals surface area (Å²) >= 11 is 0. The van der Waals surface area contributed by atoms with Crippen molar-refractivity contribution in [3.05, 3.63) is 42.5 Å². The highest BCUT2D eigenvalue weighted by atomic mass is 16.6. The summed E-state index contributed by atoms with van der Waals surface area (Å²) in [6.45, 7) is 0.878. The Kier molecular flexibility index (Phi) is 2.64. The lowest BCUT2D eigenvalue weighted by Gasteiger charge is -2.13. The quantitative estimate of drug-likeness (QED) is 0.877. The molecule has 3 rings (SSSR count). The van der Waals surface area contributed by atoms with Crippen LogP contribution in [0.1, 0.15) is 0 Å². The molecule has 4 heteroatoms. The molecule has 92 valence electrons. The van der Waals surface area contributed by atoms with Gasteiger partial charge in [0, 0.05) is 12.2 Å². The van der Waals surface area contributed by atoms with Crippen LogP contribution in [0.5, 0.6) is 0 Å². The van der Waals surface area contributed by atoms with Crippen molar-refractivity contribution in [2.45, 2.75) is 6.10 Å². The summed E-state index contributed by atoms with van der Waals surface area (Å²) in [5, 5.41) is 2.27. The SMILES string of the molecule is NCC1CN(c2ccc3ccccc3c2)C(=O)O1. The van der Waals surface area contributed by atoms with Gasteiger partial charge in [-0.2, -0.15) is 0 Å². The Hall–Kier alpha value is -2.07. The minimum Gasteiger partial charge on any atom is -0.443 e. The van der Waals surface area contributed by atoms with E-state index in [1.54, 1.807) is 4.90 Å². The second-order valence-corrected chi connectivity index (χ2v) is 4.38. The third-order valence-electron chi connectivity index (χ3n) is 3.18. The Morgan fingerprint density at radius 1 is 1.22 bits per heavy atom. The lowest BCUT2D eigenvalue weighted by atomic mass is 10.1. The summed E-state index contributed by atoms with van der Waals surface area (Å²) in [5.41, 5.74) is 6.38. The third-order valence-corrected chi connectivity index (χ3v) is 3.18. The van der Waals surface area contributed by atoms with Crippen molar-refractivity contribution in [3.63, 3.8) is 0 Å². The van der Waals surface area contributed by atoms with E-state index in [-0.39, 0.29) is 12.2 Å². The third kappa shape index (κ3) is 1.80. The molecule has 1 fully saturated rings. The Labute approximate surface area is 105 Å². The van der Waals surface area contributed by atoms with Crippen molar-refractivity contribution < 1.29 is 9.53 Å². The fourth-order valence-corrected chi connectivity index (χ4v) is 2.20. The number of benzene rings is 2. The molecule has 1 heterocycles. The summed E-state index contributed by atoms with van der Waals surface area (Å²) in [5.74, 6) is 0.